The second-order valence-electron chi connectivity index (χ2n) is 9.33. The van der Waals surface area contributed by atoms with E-state index in [2.05, 4.69) is 5.32 Å². The van der Waals surface area contributed by atoms with Crippen molar-refractivity contribution in [3.8, 4) is 0 Å². The van der Waals surface area contributed by atoms with Gasteiger partial charge in [0.05, 0.1) is 16.9 Å². The van der Waals surface area contributed by atoms with Crippen molar-refractivity contribution < 1.29 is 32.3 Å². The number of sulfone groups is 1. The third kappa shape index (κ3) is 4.87. The number of nitrogens with one attached hydrogen (secondary N) is 1. The lowest BCUT2D eigenvalue weighted by Crippen LogP contribution is -2.47. The standard InChI is InChI=1S/C21H27IN2O7S/c1-20(2,3)31-19(27)24-16-14(9-10-15(16)30-18(24)26)17(25)23-12-7-6-8-13(11-12)32(28,29)21(4,5)22/h6-8,11,14-16H,9-10H2,1-5H3,(H,23,25)/t14-,15+,16-/m0/s1. The van der Waals surface area contributed by atoms with Gasteiger partial charge >= 0.3 is 12.2 Å². The minimum absolute atomic E-state index is 0.0914. The molecule has 1 aromatic rings. The van der Waals surface area contributed by atoms with Crippen LogP contribution in [0.5, 0.6) is 0 Å². The molecule has 2 fully saturated rings. The monoisotopic (exact) mass is 578 g/mol. The molecule has 0 unspecified atom stereocenters. The Hall–Kier alpha value is -1.89. The fraction of sp³-hybridized carbons (Fsp3) is 0.571. The molecule has 0 aromatic heterocycles. The highest BCUT2D eigenvalue weighted by Gasteiger charge is 2.56. The number of benzene rings is 1. The van der Waals surface area contributed by atoms with Gasteiger partial charge < -0.3 is 14.8 Å². The molecule has 3 amide bonds. The summed E-state index contributed by atoms with van der Waals surface area (Å²) in [4.78, 5) is 38.9. The molecule has 32 heavy (non-hydrogen) atoms. The highest BCUT2D eigenvalue weighted by Crippen LogP contribution is 2.39. The van der Waals surface area contributed by atoms with E-state index >= 15 is 0 Å². The Morgan fingerprint density at radius 1 is 1.19 bits per heavy atom. The first-order valence-corrected chi connectivity index (χ1v) is 12.8. The van der Waals surface area contributed by atoms with E-state index in [1.165, 1.54) is 12.1 Å². The Morgan fingerprint density at radius 2 is 1.84 bits per heavy atom. The van der Waals surface area contributed by atoms with Gasteiger partial charge in [-0.25, -0.2) is 22.9 Å². The first kappa shape index (κ1) is 24.7. The maximum Gasteiger partial charge on any atom is 0.420 e. The van der Waals surface area contributed by atoms with Crippen molar-refractivity contribution in [1.82, 2.24) is 4.90 Å². The van der Waals surface area contributed by atoms with Crippen molar-refractivity contribution in [3.63, 3.8) is 0 Å². The zero-order valence-electron chi connectivity index (χ0n) is 18.5. The summed E-state index contributed by atoms with van der Waals surface area (Å²) < 4.78 is 35.1. The van der Waals surface area contributed by atoms with E-state index in [1.54, 1.807) is 46.8 Å². The minimum Gasteiger partial charge on any atom is -0.443 e. The van der Waals surface area contributed by atoms with Crippen LogP contribution in [-0.2, 0) is 24.1 Å². The molecule has 0 spiro atoms. The summed E-state index contributed by atoms with van der Waals surface area (Å²) >= 11 is 1.86. The maximum absolute atomic E-state index is 13.1. The van der Waals surface area contributed by atoms with E-state index in [1.807, 2.05) is 22.6 Å². The molecule has 1 N–H and O–H groups in total. The SMILES string of the molecule is CC(C)(C)OC(=O)N1C(=O)O[C@@H]2CC[C@H](C(=O)Nc3cccc(S(=O)(=O)C(C)(C)I)c3)[C@@H]21. The van der Waals surface area contributed by atoms with Crippen LogP contribution in [-0.4, -0.2) is 51.9 Å². The van der Waals surface area contributed by atoms with E-state index in [9.17, 15) is 22.8 Å². The van der Waals surface area contributed by atoms with Crippen molar-refractivity contribution in [3.05, 3.63) is 24.3 Å². The van der Waals surface area contributed by atoms with Crippen LogP contribution in [0.3, 0.4) is 0 Å². The minimum atomic E-state index is -3.61. The van der Waals surface area contributed by atoms with Gasteiger partial charge in [-0.15, -0.1) is 0 Å². The van der Waals surface area contributed by atoms with Crippen molar-refractivity contribution in [1.29, 1.82) is 0 Å². The highest BCUT2D eigenvalue weighted by atomic mass is 127. The van der Waals surface area contributed by atoms with Gasteiger partial charge in [0.1, 0.15) is 14.5 Å². The van der Waals surface area contributed by atoms with Crippen LogP contribution in [0.15, 0.2) is 29.2 Å². The number of ether oxygens (including phenoxy) is 2. The number of amides is 3. The van der Waals surface area contributed by atoms with Gasteiger partial charge in [0.15, 0.2) is 9.84 Å². The van der Waals surface area contributed by atoms with E-state index in [0.717, 1.165) is 4.90 Å². The van der Waals surface area contributed by atoms with Gasteiger partial charge in [-0.05, 0) is 65.7 Å². The van der Waals surface area contributed by atoms with Gasteiger partial charge in [-0.3, -0.25) is 4.79 Å². The molecule has 176 valence electrons. The number of alkyl halides is 1. The summed E-state index contributed by atoms with van der Waals surface area (Å²) in [7, 11) is -3.61. The lowest BCUT2D eigenvalue weighted by molar-refractivity contribution is -0.120. The molecule has 3 rings (SSSR count). The molecule has 0 radical (unpaired) electrons. The van der Waals surface area contributed by atoms with Crippen molar-refractivity contribution >= 4 is 56.2 Å². The molecule has 11 heteroatoms. The Morgan fingerprint density at radius 3 is 2.44 bits per heavy atom. The Labute approximate surface area is 201 Å². The largest absolute Gasteiger partial charge is 0.443 e. The van der Waals surface area contributed by atoms with Crippen molar-refractivity contribution in [2.75, 3.05) is 5.32 Å². The number of halogens is 1. The fourth-order valence-corrected chi connectivity index (χ4v) is 5.64. The van der Waals surface area contributed by atoms with Crippen LogP contribution in [0.1, 0.15) is 47.5 Å². The lowest BCUT2D eigenvalue weighted by atomic mass is 10.0. The zero-order valence-corrected chi connectivity index (χ0v) is 21.5. The summed E-state index contributed by atoms with van der Waals surface area (Å²) in [5, 5.41) is 2.73. The van der Waals surface area contributed by atoms with Crippen molar-refractivity contribution in [2.24, 2.45) is 5.92 Å². The number of imide groups is 1. The van der Waals surface area contributed by atoms with Gasteiger partial charge in [0.2, 0.25) is 5.91 Å². The normalized spacial score (nSPS) is 23.5. The van der Waals surface area contributed by atoms with Gasteiger partial charge in [0.25, 0.3) is 0 Å². The molecule has 1 aliphatic heterocycles. The van der Waals surface area contributed by atoms with E-state index in [-0.39, 0.29) is 4.90 Å². The van der Waals surface area contributed by atoms with Crippen LogP contribution in [0.4, 0.5) is 15.3 Å². The quantitative estimate of drug-likeness (QED) is 0.422. The summed E-state index contributed by atoms with van der Waals surface area (Å²) in [5.74, 6) is -1.13. The van der Waals surface area contributed by atoms with Crippen LogP contribution >= 0.6 is 22.6 Å². The van der Waals surface area contributed by atoms with Gasteiger partial charge in [-0.2, -0.15) is 0 Å². The molecular weight excluding hydrogens is 551 g/mol. The second-order valence-corrected chi connectivity index (χ2v) is 15.3. The molecule has 0 bridgehead atoms. The number of hydrogen-bond donors (Lipinski definition) is 1. The predicted octanol–water partition coefficient (Wildman–Crippen LogP) is 4.10. The molecule has 2 aliphatic rings. The number of rotatable bonds is 4. The average Bonchev–Trinajstić information content (AvgIpc) is 3.16. The molecule has 1 heterocycles. The molecule has 1 saturated heterocycles. The van der Waals surface area contributed by atoms with Crippen molar-refractivity contribution in [2.45, 2.75) is 72.9 Å². The number of hydrogen-bond acceptors (Lipinski definition) is 7. The molecule has 1 aliphatic carbocycles. The maximum atomic E-state index is 13.1. The molecule has 1 saturated carbocycles. The Balaban J connectivity index is 1.81. The van der Waals surface area contributed by atoms with Crippen LogP contribution in [0, 0.1) is 5.92 Å². The van der Waals surface area contributed by atoms with E-state index in [0.29, 0.717) is 18.5 Å². The smallest absolute Gasteiger partial charge is 0.420 e. The Bertz CT molecular complexity index is 1040. The van der Waals surface area contributed by atoms with E-state index in [4.69, 9.17) is 9.47 Å². The molecule has 9 nitrogen and oxygen atoms in total. The molecular formula is C21H27IN2O7S. The number of fused-ring (bicyclic) bond motifs is 1. The fourth-order valence-electron chi connectivity index (χ4n) is 3.78. The third-order valence-corrected chi connectivity index (χ3v) is 9.17. The lowest BCUT2D eigenvalue weighted by Gasteiger charge is -2.27. The Kier molecular flexibility index (Phi) is 6.55. The van der Waals surface area contributed by atoms with Gasteiger partial charge in [-0.1, -0.05) is 28.7 Å². The summed E-state index contributed by atoms with van der Waals surface area (Å²) in [5.41, 5.74) is -0.501. The number of nitrogens with zero attached hydrogens (tertiary/aromatic N) is 1. The van der Waals surface area contributed by atoms with Gasteiger partial charge in [0, 0.05) is 5.69 Å². The van der Waals surface area contributed by atoms with Crippen LogP contribution in [0.25, 0.3) is 0 Å². The van der Waals surface area contributed by atoms with Crippen LogP contribution < -0.4 is 5.32 Å². The number of carbonyl (C=O) groups is 3. The summed E-state index contributed by atoms with van der Waals surface area (Å²) in [6, 6.07) is 5.24. The highest BCUT2D eigenvalue weighted by molar-refractivity contribution is 14.1. The second kappa shape index (κ2) is 8.47. The number of anilines is 1. The average molecular weight is 578 g/mol. The van der Waals surface area contributed by atoms with E-state index < -0.39 is 54.3 Å². The topological polar surface area (TPSA) is 119 Å². The zero-order chi connectivity index (χ0) is 24.1. The molecule has 1 aromatic carbocycles. The summed E-state index contributed by atoms with van der Waals surface area (Å²) in [6.45, 7) is 8.23. The first-order chi connectivity index (χ1) is 14.6. The molecule has 3 atom stereocenters. The first-order valence-electron chi connectivity index (χ1n) is 10.2. The third-order valence-electron chi connectivity index (χ3n) is 5.28. The number of carbonyl (C=O) groups excluding carboxylic acids is 3. The summed E-state index contributed by atoms with van der Waals surface area (Å²) in [6.07, 6.45) is -1.42. The predicted molar refractivity (Wildman–Crippen MR) is 125 cm³/mol. The van der Waals surface area contributed by atoms with Crippen LogP contribution in [0.2, 0.25) is 0 Å².